The summed E-state index contributed by atoms with van der Waals surface area (Å²) < 4.78 is 5.68. The van der Waals surface area contributed by atoms with Crippen LogP contribution < -0.4 is 5.32 Å². The molecular weight excluding hydrogens is 190 g/mol. The number of ether oxygens (including phenoxy) is 1. The minimum atomic E-state index is -0.245. The molecule has 3 nitrogen and oxygen atoms in total. The lowest BCUT2D eigenvalue weighted by Crippen LogP contribution is -2.37. The lowest BCUT2D eigenvalue weighted by Gasteiger charge is -2.18. The minimum Gasteiger partial charge on any atom is -0.368 e. The summed E-state index contributed by atoms with van der Waals surface area (Å²) in [6, 6.07) is 0. The molecule has 1 saturated carbocycles. The molecule has 0 heterocycles. The number of likely N-dealkylation sites (N-methyl/N-ethyl adjacent to an activating group) is 1. The second-order valence-corrected chi connectivity index (χ2v) is 4.79. The van der Waals surface area contributed by atoms with Gasteiger partial charge in [0.15, 0.2) is 0 Å². The van der Waals surface area contributed by atoms with Crippen LogP contribution in [0, 0.1) is 11.8 Å². The Kier molecular flexibility index (Phi) is 5.09. The third-order valence-electron chi connectivity index (χ3n) is 2.56. The average Bonchev–Trinajstić information content (AvgIpc) is 2.95. The van der Waals surface area contributed by atoms with Gasteiger partial charge in [0.1, 0.15) is 6.10 Å². The highest BCUT2D eigenvalue weighted by Gasteiger charge is 2.26. The van der Waals surface area contributed by atoms with Gasteiger partial charge in [-0.15, -0.1) is 0 Å². The van der Waals surface area contributed by atoms with Gasteiger partial charge in [-0.05, 0) is 38.0 Å². The van der Waals surface area contributed by atoms with Crippen molar-refractivity contribution in [3.8, 4) is 0 Å². The lowest BCUT2D eigenvalue weighted by molar-refractivity contribution is -0.134. The Bertz CT molecular complexity index is 200. The molecule has 88 valence electrons. The van der Waals surface area contributed by atoms with E-state index >= 15 is 0 Å². The summed E-state index contributed by atoms with van der Waals surface area (Å²) in [5.41, 5.74) is 0. The zero-order valence-electron chi connectivity index (χ0n) is 10.1. The van der Waals surface area contributed by atoms with Crippen molar-refractivity contribution in [2.45, 2.75) is 46.1 Å². The van der Waals surface area contributed by atoms with Gasteiger partial charge in [0, 0.05) is 6.54 Å². The van der Waals surface area contributed by atoms with Gasteiger partial charge in [-0.1, -0.05) is 13.8 Å². The summed E-state index contributed by atoms with van der Waals surface area (Å²) in [4.78, 5) is 11.7. The Labute approximate surface area is 92.6 Å². The average molecular weight is 213 g/mol. The van der Waals surface area contributed by atoms with Crippen molar-refractivity contribution in [1.29, 1.82) is 0 Å². The van der Waals surface area contributed by atoms with Gasteiger partial charge >= 0.3 is 0 Å². The molecule has 1 fully saturated rings. The molecule has 0 spiro atoms. The second-order valence-electron chi connectivity index (χ2n) is 4.79. The maximum Gasteiger partial charge on any atom is 0.249 e. The van der Waals surface area contributed by atoms with Crippen molar-refractivity contribution in [3.63, 3.8) is 0 Å². The SMILES string of the molecule is CCNC(=O)C(CC(C)C)OCC1CC1. The van der Waals surface area contributed by atoms with E-state index in [1.165, 1.54) is 12.8 Å². The molecule has 0 bridgehead atoms. The Balaban J connectivity index is 2.31. The molecular formula is C12H23NO2. The van der Waals surface area contributed by atoms with Gasteiger partial charge < -0.3 is 10.1 Å². The molecule has 1 unspecified atom stereocenters. The molecule has 15 heavy (non-hydrogen) atoms. The minimum absolute atomic E-state index is 0.0480. The number of hydrogen-bond acceptors (Lipinski definition) is 2. The fourth-order valence-corrected chi connectivity index (χ4v) is 1.50. The monoisotopic (exact) mass is 213 g/mol. The van der Waals surface area contributed by atoms with Crippen LogP contribution in [0.1, 0.15) is 40.0 Å². The highest BCUT2D eigenvalue weighted by Crippen LogP contribution is 2.29. The van der Waals surface area contributed by atoms with Crippen LogP contribution in [0.2, 0.25) is 0 Å². The van der Waals surface area contributed by atoms with Crippen molar-refractivity contribution in [3.05, 3.63) is 0 Å². The molecule has 0 aliphatic heterocycles. The first kappa shape index (κ1) is 12.5. The molecule has 0 aromatic carbocycles. The molecule has 1 aliphatic carbocycles. The van der Waals surface area contributed by atoms with Gasteiger partial charge in [-0.25, -0.2) is 0 Å². The van der Waals surface area contributed by atoms with Gasteiger partial charge in [-0.2, -0.15) is 0 Å². The van der Waals surface area contributed by atoms with E-state index in [1.54, 1.807) is 0 Å². The molecule has 1 rings (SSSR count). The van der Waals surface area contributed by atoms with Crippen molar-refractivity contribution in [1.82, 2.24) is 5.32 Å². The van der Waals surface area contributed by atoms with E-state index in [1.807, 2.05) is 6.92 Å². The zero-order valence-corrected chi connectivity index (χ0v) is 10.1. The number of carbonyl (C=O) groups excluding carboxylic acids is 1. The van der Waals surface area contributed by atoms with E-state index in [-0.39, 0.29) is 12.0 Å². The number of nitrogens with one attached hydrogen (secondary N) is 1. The van der Waals surface area contributed by atoms with Crippen LogP contribution in [0.5, 0.6) is 0 Å². The summed E-state index contributed by atoms with van der Waals surface area (Å²) in [5.74, 6) is 1.26. The number of amides is 1. The van der Waals surface area contributed by atoms with Crippen LogP contribution in [0.15, 0.2) is 0 Å². The van der Waals surface area contributed by atoms with Gasteiger partial charge in [0.05, 0.1) is 6.61 Å². The van der Waals surface area contributed by atoms with E-state index in [2.05, 4.69) is 19.2 Å². The fourth-order valence-electron chi connectivity index (χ4n) is 1.50. The van der Waals surface area contributed by atoms with Gasteiger partial charge in [0.2, 0.25) is 5.91 Å². The zero-order chi connectivity index (χ0) is 11.3. The third-order valence-corrected chi connectivity index (χ3v) is 2.56. The quantitative estimate of drug-likeness (QED) is 0.702. The first-order valence-electron chi connectivity index (χ1n) is 6.02. The lowest BCUT2D eigenvalue weighted by atomic mass is 10.1. The molecule has 0 aromatic heterocycles. The summed E-state index contributed by atoms with van der Waals surface area (Å²) in [6.45, 7) is 7.61. The maximum atomic E-state index is 11.7. The Morgan fingerprint density at radius 3 is 2.60 bits per heavy atom. The highest BCUT2D eigenvalue weighted by atomic mass is 16.5. The van der Waals surface area contributed by atoms with Gasteiger partial charge in [-0.3, -0.25) is 4.79 Å². The Hall–Kier alpha value is -0.570. The molecule has 1 amide bonds. The van der Waals surface area contributed by atoms with Crippen LogP contribution >= 0.6 is 0 Å². The van der Waals surface area contributed by atoms with Crippen molar-refractivity contribution in [2.75, 3.05) is 13.2 Å². The molecule has 1 N–H and O–H groups in total. The maximum absolute atomic E-state index is 11.7. The standard InChI is InChI=1S/C12H23NO2/c1-4-13-12(14)11(7-9(2)3)15-8-10-5-6-10/h9-11H,4-8H2,1-3H3,(H,13,14). The third kappa shape index (κ3) is 5.17. The topological polar surface area (TPSA) is 38.3 Å². The summed E-state index contributed by atoms with van der Waals surface area (Å²) in [7, 11) is 0. The van der Waals surface area contributed by atoms with E-state index in [9.17, 15) is 4.79 Å². The van der Waals surface area contributed by atoms with E-state index in [4.69, 9.17) is 4.74 Å². The van der Waals surface area contributed by atoms with Crippen molar-refractivity contribution < 1.29 is 9.53 Å². The Morgan fingerprint density at radius 1 is 1.47 bits per heavy atom. The number of carbonyl (C=O) groups is 1. The van der Waals surface area contributed by atoms with Crippen LogP contribution in [0.4, 0.5) is 0 Å². The second kappa shape index (κ2) is 6.11. The smallest absolute Gasteiger partial charge is 0.249 e. The first-order chi connectivity index (χ1) is 7.13. The Morgan fingerprint density at radius 2 is 2.13 bits per heavy atom. The molecule has 0 saturated heterocycles. The predicted octanol–water partition coefficient (Wildman–Crippen LogP) is 1.96. The van der Waals surface area contributed by atoms with Crippen LogP contribution in [-0.4, -0.2) is 25.2 Å². The molecule has 0 aromatic rings. The number of hydrogen-bond donors (Lipinski definition) is 1. The molecule has 3 heteroatoms. The van der Waals surface area contributed by atoms with Crippen LogP contribution in [0.3, 0.4) is 0 Å². The van der Waals surface area contributed by atoms with E-state index in [0.717, 1.165) is 13.0 Å². The fraction of sp³-hybridized carbons (Fsp3) is 0.917. The van der Waals surface area contributed by atoms with Crippen LogP contribution in [-0.2, 0) is 9.53 Å². The summed E-state index contributed by atoms with van der Waals surface area (Å²) >= 11 is 0. The normalized spacial score (nSPS) is 17.9. The summed E-state index contributed by atoms with van der Waals surface area (Å²) in [6.07, 6.45) is 3.11. The van der Waals surface area contributed by atoms with E-state index < -0.39 is 0 Å². The largest absolute Gasteiger partial charge is 0.368 e. The predicted molar refractivity (Wildman–Crippen MR) is 60.6 cm³/mol. The molecule has 1 atom stereocenters. The van der Waals surface area contributed by atoms with Crippen molar-refractivity contribution in [2.24, 2.45) is 11.8 Å². The molecule has 1 aliphatic rings. The van der Waals surface area contributed by atoms with Crippen LogP contribution in [0.25, 0.3) is 0 Å². The molecule has 0 radical (unpaired) electrons. The first-order valence-corrected chi connectivity index (χ1v) is 6.02. The summed E-state index contributed by atoms with van der Waals surface area (Å²) in [5, 5.41) is 2.83. The van der Waals surface area contributed by atoms with Gasteiger partial charge in [0.25, 0.3) is 0 Å². The van der Waals surface area contributed by atoms with Crippen molar-refractivity contribution >= 4 is 5.91 Å². The van der Waals surface area contributed by atoms with E-state index in [0.29, 0.717) is 18.4 Å². The number of rotatable bonds is 7. The highest BCUT2D eigenvalue weighted by molar-refractivity contribution is 5.80.